The first-order valence-corrected chi connectivity index (χ1v) is 12.7. The van der Waals surface area contributed by atoms with Crippen molar-refractivity contribution in [3.8, 4) is 17.2 Å². The number of amides is 1. The zero-order valence-corrected chi connectivity index (χ0v) is 21.4. The molecule has 0 radical (unpaired) electrons. The van der Waals surface area contributed by atoms with Gasteiger partial charge in [-0.2, -0.15) is 0 Å². The Morgan fingerprint density at radius 3 is 2.54 bits per heavy atom. The van der Waals surface area contributed by atoms with Crippen molar-refractivity contribution in [2.75, 3.05) is 13.7 Å². The van der Waals surface area contributed by atoms with Crippen LogP contribution in [0.3, 0.4) is 0 Å². The second-order valence-electron chi connectivity index (χ2n) is 8.25. The van der Waals surface area contributed by atoms with E-state index >= 15 is 0 Å². The number of methoxy groups -OCH3 is 1. The molecular weight excluding hydrogens is 484 g/mol. The Kier molecular flexibility index (Phi) is 7.42. The van der Waals surface area contributed by atoms with Gasteiger partial charge in [0.15, 0.2) is 16.7 Å². The lowest BCUT2D eigenvalue weighted by Gasteiger charge is -2.13. The maximum absolute atomic E-state index is 12.5. The molecule has 4 aromatic rings. The summed E-state index contributed by atoms with van der Waals surface area (Å²) in [6, 6.07) is 27.5. The third-order valence-electron chi connectivity index (χ3n) is 5.78. The minimum Gasteiger partial charge on any atom is -0.494 e. The molecule has 186 valence electrons. The predicted molar refractivity (Wildman–Crippen MR) is 150 cm³/mol. The number of ether oxygens (including phenoxy) is 3. The van der Waals surface area contributed by atoms with Gasteiger partial charge in [0.05, 0.1) is 24.3 Å². The van der Waals surface area contributed by atoms with Gasteiger partial charge in [0.1, 0.15) is 12.4 Å². The molecule has 1 fully saturated rings. The molecule has 0 aromatic heterocycles. The summed E-state index contributed by atoms with van der Waals surface area (Å²) >= 11 is 1.30. The third kappa shape index (κ3) is 5.78. The maximum Gasteiger partial charge on any atom is 0.264 e. The molecule has 1 aliphatic rings. The lowest BCUT2D eigenvalue weighted by atomic mass is 10.1. The highest BCUT2D eigenvalue weighted by atomic mass is 32.2. The maximum atomic E-state index is 12.5. The largest absolute Gasteiger partial charge is 0.494 e. The van der Waals surface area contributed by atoms with Crippen LogP contribution in [0.2, 0.25) is 0 Å². The molecule has 0 atom stereocenters. The molecule has 1 aliphatic heterocycles. The van der Waals surface area contributed by atoms with Gasteiger partial charge in [0.2, 0.25) is 0 Å². The number of hydrogen-bond donors (Lipinski definition) is 1. The van der Waals surface area contributed by atoms with Gasteiger partial charge in [-0.1, -0.05) is 48.5 Å². The highest BCUT2D eigenvalue weighted by molar-refractivity contribution is 8.18. The molecule has 5 rings (SSSR count). The molecule has 4 aromatic carbocycles. The SMILES string of the molecule is CCOc1ccc(N=C2NC(=O)/C(=C\c3ccc(OCc4cccc5ccccc45)c(OC)c3)S2)cc1. The minimum absolute atomic E-state index is 0.190. The lowest BCUT2D eigenvalue weighted by molar-refractivity contribution is -0.115. The number of benzene rings is 4. The summed E-state index contributed by atoms with van der Waals surface area (Å²) in [4.78, 5) is 17.6. The predicted octanol–water partition coefficient (Wildman–Crippen LogP) is 6.72. The molecule has 0 bridgehead atoms. The summed E-state index contributed by atoms with van der Waals surface area (Å²) in [6.45, 7) is 2.97. The highest BCUT2D eigenvalue weighted by Crippen LogP contribution is 2.33. The second-order valence-corrected chi connectivity index (χ2v) is 9.28. The summed E-state index contributed by atoms with van der Waals surface area (Å²) in [5.74, 6) is 1.83. The van der Waals surface area contributed by atoms with E-state index in [-0.39, 0.29) is 5.91 Å². The van der Waals surface area contributed by atoms with Crippen LogP contribution in [0.5, 0.6) is 17.2 Å². The fourth-order valence-electron chi connectivity index (χ4n) is 4.00. The van der Waals surface area contributed by atoms with E-state index in [1.54, 1.807) is 7.11 Å². The number of nitrogens with one attached hydrogen (secondary N) is 1. The molecule has 1 N–H and O–H groups in total. The summed E-state index contributed by atoms with van der Waals surface area (Å²) in [5.41, 5.74) is 2.67. The molecule has 0 unspecified atom stereocenters. The quantitative estimate of drug-likeness (QED) is 0.267. The van der Waals surface area contributed by atoms with Gasteiger partial charge < -0.3 is 19.5 Å². The van der Waals surface area contributed by atoms with E-state index in [9.17, 15) is 4.79 Å². The number of thioether (sulfide) groups is 1. The second kappa shape index (κ2) is 11.2. The molecule has 1 saturated heterocycles. The average Bonchev–Trinajstić information content (AvgIpc) is 3.27. The number of amidine groups is 1. The van der Waals surface area contributed by atoms with Crippen LogP contribution in [0.15, 0.2) is 94.8 Å². The zero-order valence-electron chi connectivity index (χ0n) is 20.6. The topological polar surface area (TPSA) is 69.2 Å². The Morgan fingerprint density at radius 1 is 0.919 bits per heavy atom. The van der Waals surface area contributed by atoms with Crippen molar-refractivity contribution in [1.82, 2.24) is 5.32 Å². The lowest BCUT2D eigenvalue weighted by Crippen LogP contribution is -2.19. The Bertz CT molecular complexity index is 1490. The average molecular weight is 511 g/mol. The molecule has 1 heterocycles. The van der Waals surface area contributed by atoms with Crippen LogP contribution in [0.1, 0.15) is 18.1 Å². The van der Waals surface area contributed by atoms with Crippen LogP contribution in [0.4, 0.5) is 5.69 Å². The molecular formula is C30H26N2O4S. The van der Waals surface area contributed by atoms with E-state index in [0.29, 0.717) is 34.8 Å². The fourth-order valence-corrected chi connectivity index (χ4v) is 4.84. The van der Waals surface area contributed by atoms with E-state index in [1.807, 2.05) is 73.7 Å². The molecule has 0 aliphatic carbocycles. The van der Waals surface area contributed by atoms with Gasteiger partial charge in [0.25, 0.3) is 5.91 Å². The van der Waals surface area contributed by atoms with Gasteiger partial charge in [0, 0.05) is 0 Å². The van der Waals surface area contributed by atoms with Crippen molar-refractivity contribution < 1.29 is 19.0 Å². The van der Waals surface area contributed by atoms with Crippen molar-refractivity contribution in [2.45, 2.75) is 13.5 Å². The Balaban J connectivity index is 1.30. The number of rotatable bonds is 8. The van der Waals surface area contributed by atoms with E-state index < -0.39 is 0 Å². The number of fused-ring (bicyclic) bond motifs is 1. The number of hydrogen-bond acceptors (Lipinski definition) is 6. The summed E-state index contributed by atoms with van der Waals surface area (Å²) < 4.78 is 17.2. The van der Waals surface area contributed by atoms with Crippen molar-refractivity contribution in [3.05, 3.63) is 101 Å². The van der Waals surface area contributed by atoms with Crippen LogP contribution in [0, 0.1) is 0 Å². The molecule has 0 saturated carbocycles. The first-order chi connectivity index (χ1) is 18.1. The minimum atomic E-state index is -0.190. The molecule has 6 nitrogen and oxygen atoms in total. The van der Waals surface area contributed by atoms with Crippen LogP contribution >= 0.6 is 11.8 Å². The number of carbonyl (C=O) groups excluding carboxylic acids is 1. The third-order valence-corrected chi connectivity index (χ3v) is 6.69. The van der Waals surface area contributed by atoms with Crippen molar-refractivity contribution >= 4 is 45.4 Å². The Hall–Kier alpha value is -4.23. The summed E-state index contributed by atoms with van der Waals surface area (Å²) in [7, 11) is 1.61. The van der Waals surface area contributed by atoms with Crippen LogP contribution in [-0.2, 0) is 11.4 Å². The van der Waals surface area contributed by atoms with E-state index in [2.05, 4.69) is 34.6 Å². The standard InChI is InChI=1S/C30H26N2O4S/c1-3-35-24-14-12-23(13-15-24)31-30-32-29(33)28(37-30)18-20-11-16-26(27(17-20)34-2)36-19-22-9-6-8-21-7-4-5-10-25(21)22/h4-18H,3,19H2,1-2H3,(H,31,32,33)/b28-18+. The number of carbonyl (C=O) groups is 1. The molecule has 1 amide bonds. The van der Waals surface area contributed by atoms with Gasteiger partial charge in [-0.25, -0.2) is 4.99 Å². The first-order valence-electron chi connectivity index (χ1n) is 11.9. The highest BCUT2D eigenvalue weighted by Gasteiger charge is 2.24. The Labute approximate surface area is 220 Å². The van der Waals surface area contributed by atoms with Crippen molar-refractivity contribution in [3.63, 3.8) is 0 Å². The van der Waals surface area contributed by atoms with Crippen molar-refractivity contribution in [1.29, 1.82) is 0 Å². The normalized spacial score (nSPS) is 15.2. The van der Waals surface area contributed by atoms with Gasteiger partial charge in [-0.3, -0.25) is 4.79 Å². The van der Waals surface area contributed by atoms with Crippen molar-refractivity contribution in [2.24, 2.45) is 4.99 Å². The fraction of sp³-hybridized carbons (Fsp3) is 0.133. The van der Waals surface area contributed by atoms with Crippen LogP contribution < -0.4 is 19.5 Å². The first kappa shape index (κ1) is 24.5. The monoisotopic (exact) mass is 510 g/mol. The zero-order chi connectivity index (χ0) is 25.6. The van der Waals surface area contributed by atoms with E-state index in [4.69, 9.17) is 14.2 Å². The van der Waals surface area contributed by atoms with E-state index in [1.165, 1.54) is 17.1 Å². The van der Waals surface area contributed by atoms with Gasteiger partial charge in [-0.05, 0) is 83.1 Å². The molecule has 37 heavy (non-hydrogen) atoms. The number of nitrogens with zero attached hydrogens (tertiary/aromatic N) is 1. The van der Waals surface area contributed by atoms with Crippen LogP contribution in [0.25, 0.3) is 16.8 Å². The summed E-state index contributed by atoms with van der Waals surface area (Å²) in [6.07, 6.45) is 1.82. The molecule has 7 heteroatoms. The molecule has 0 spiro atoms. The van der Waals surface area contributed by atoms with Gasteiger partial charge in [-0.15, -0.1) is 0 Å². The van der Waals surface area contributed by atoms with E-state index in [0.717, 1.165) is 28.0 Å². The van der Waals surface area contributed by atoms with Gasteiger partial charge >= 0.3 is 0 Å². The summed E-state index contributed by atoms with van der Waals surface area (Å²) in [5, 5.41) is 5.69. The Morgan fingerprint density at radius 2 is 1.73 bits per heavy atom. The smallest absolute Gasteiger partial charge is 0.264 e. The number of aliphatic imine (C=N–C) groups is 1. The van der Waals surface area contributed by atoms with Crippen LogP contribution in [-0.4, -0.2) is 24.8 Å².